The first-order valence-corrected chi connectivity index (χ1v) is 5.54. The van der Waals surface area contributed by atoms with E-state index in [-0.39, 0.29) is 18.0 Å². The molecule has 5 heteroatoms. The smallest absolute Gasteiger partial charge is 0.330 e. The fourth-order valence-electron chi connectivity index (χ4n) is 2.39. The van der Waals surface area contributed by atoms with Crippen LogP contribution in [0.2, 0.25) is 0 Å². The Kier molecular flexibility index (Phi) is 2.94. The summed E-state index contributed by atoms with van der Waals surface area (Å²) < 4.78 is 37.1. The topological polar surface area (TPSA) is 29.3 Å². The molecular formula is C10H17F3N2. The average Bonchev–Trinajstić information content (AvgIpc) is 2.80. The van der Waals surface area contributed by atoms with Crippen LogP contribution in [0.5, 0.6) is 0 Å². The molecule has 2 fully saturated rings. The fourth-order valence-corrected chi connectivity index (χ4v) is 2.39. The summed E-state index contributed by atoms with van der Waals surface area (Å²) in [6.45, 7) is -0.232. The lowest BCUT2D eigenvalue weighted by Crippen LogP contribution is -2.53. The highest BCUT2D eigenvalue weighted by Crippen LogP contribution is 2.40. The molecule has 2 unspecified atom stereocenters. The van der Waals surface area contributed by atoms with Crippen molar-refractivity contribution in [2.24, 2.45) is 11.7 Å². The van der Waals surface area contributed by atoms with Crippen LogP contribution in [0.25, 0.3) is 0 Å². The van der Waals surface area contributed by atoms with E-state index in [9.17, 15) is 13.2 Å². The number of halogens is 3. The summed E-state index contributed by atoms with van der Waals surface area (Å²) in [6.07, 6.45) is -0.359. The summed E-state index contributed by atoms with van der Waals surface area (Å²) in [5.41, 5.74) is 5.54. The predicted octanol–water partition coefficient (Wildman–Crippen LogP) is 1.75. The molecule has 0 spiro atoms. The maximum atomic E-state index is 12.4. The van der Waals surface area contributed by atoms with Crippen molar-refractivity contribution in [3.05, 3.63) is 0 Å². The number of nitrogens with zero attached hydrogens (tertiary/aromatic N) is 1. The minimum absolute atomic E-state index is 0.0872. The van der Waals surface area contributed by atoms with Crippen molar-refractivity contribution in [2.75, 3.05) is 13.1 Å². The van der Waals surface area contributed by atoms with Gasteiger partial charge in [0, 0.05) is 12.1 Å². The van der Waals surface area contributed by atoms with Crippen molar-refractivity contribution in [1.29, 1.82) is 0 Å². The zero-order valence-corrected chi connectivity index (χ0v) is 8.63. The van der Waals surface area contributed by atoms with Crippen LogP contribution in [0.4, 0.5) is 13.2 Å². The van der Waals surface area contributed by atoms with Gasteiger partial charge >= 0.3 is 6.18 Å². The van der Waals surface area contributed by atoms with Gasteiger partial charge in [-0.1, -0.05) is 0 Å². The third-order valence-electron chi connectivity index (χ3n) is 3.48. The second-order valence-electron chi connectivity index (χ2n) is 4.66. The van der Waals surface area contributed by atoms with Gasteiger partial charge < -0.3 is 5.73 Å². The highest BCUT2D eigenvalue weighted by molar-refractivity contribution is 4.97. The first-order chi connectivity index (χ1) is 7.01. The maximum absolute atomic E-state index is 12.4. The summed E-state index contributed by atoms with van der Waals surface area (Å²) in [5.74, 6) is 0.285. The molecule has 2 N–H and O–H groups in total. The number of hydrogen-bond donors (Lipinski definition) is 1. The quantitative estimate of drug-likeness (QED) is 0.785. The molecular weight excluding hydrogens is 205 g/mol. The number of rotatable bonds is 4. The number of alkyl halides is 3. The van der Waals surface area contributed by atoms with Gasteiger partial charge in [0.05, 0.1) is 6.54 Å². The van der Waals surface area contributed by atoms with E-state index in [2.05, 4.69) is 0 Å². The molecule has 88 valence electrons. The van der Waals surface area contributed by atoms with E-state index in [1.807, 2.05) is 0 Å². The molecule has 0 amide bonds. The van der Waals surface area contributed by atoms with Crippen LogP contribution in [-0.2, 0) is 0 Å². The van der Waals surface area contributed by atoms with Crippen molar-refractivity contribution in [3.63, 3.8) is 0 Å². The normalized spacial score (nSPS) is 31.8. The van der Waals surface area contributed by atoms with Gasteiger partial charge in [-0.3, -0.25) is 4.90 Å². The van der Waals surface area contributed by atoms with Gasteiger partial charge in [-0.2, -0.15) is 13.2 Å². The van der Waals surface area contributed by atoms with Gasteiger partial charge in [0.15, 0.2) is 0 Å². The Morgan fingerprint density at radius 2 is 1.80 bits per heavy atom. The second-order valence-corrected chi connectivity index (χ2v) is 4.66. The fraction of sp³-hybridized carbons (Fsp3) is 1.00. The minimum Gasteiger partial charge on any atom is -0.330 e. The van der Waals surface area contributed by atoms with Crippen LogP contribution in [-0.4, -0.2) is 36.2 Å². The van der Waals surface area contributed by atoms with Crippen LogP contribution >= 0.6 is 0 Å². The lowest BCUT2D eigenvalue weighted by molar-refractivity contribution is -0.159. The Hall–Kier alpha value is -0.290. The molecule has 2 aliphatic carbocycles. The van der Waals surface area contributed by atoms with Gasteiger partial charge in [-0.25, -0.2) is 0 Å². The molecule has 2 aliphatic rings. The molecule has 2 saturated carbocycles. The van der Waals surface area contributed by atoms with Gasteiger partial charge in [0.25, 0.3) is 0 Å². The Labute approximate surface area is 87.6 Å². The first-order valence-electron chi connectivity index (χ1n) is 5.54. The van der Waals surface area contributed by atoms with Crippen molar-refractivity contribution in [3.8, 4) is 0 Å². The standard InChI is InChI=1S/C10H17F3N2/c11-10(12,13)6-15(8-2-3-8)9-4-1-7(9)5-14/h7-9H,1-6,14H2. The van der Waals surface area contributed by atoms with E-state index in [0.29, 0.717) is 6.54 Å². The zero-order chi connectivity index (χ0) is 11.1. The van der Waals surface area contributed by atoms with E-state index in [1.165, 1.54) is 0 Å². The lowest BCUT2D eigenvalue weighted by atomic mass is 9.78. The highest BCUT2D eigenvalue weighted by atomic mass is 19.4. The predicted molar refractivity (Wildman–Crippen MR) is 51.3 cm³/mol. The highest BCUT2D eigenvalue weighted by Gasteiger charge is 2.45. The van der Waals surface area contributed by atoms with Gasteiger partial charge in [-0.05, 0) is 38.1 Å². The third kappa shape index (κ3) is 2.64. The Morgan fingerprint density at radius 3 is 2.13 bits per heavy atom. The van der Waals surface area contributed by atoms with Gasteiger partial charge in [0.2, 0.25) is 0 Å². The molecule has 0 radical (unpaired) electrons. The van der Waals surface area contributed by atoms with E-state index in [0.717, 1.165) is 25.7 Å². The molecule has 0 heterocycles. The molecule has 0 bridgehead atoms. The zero-order valence-electron chi connectivity index (χ0n) is 8.63. The lowest BCUT2D eigenvalue weighted by Gasteiger charge is -2.44. The average molecular weight is 222 g/mol. The molecule has 2 atom stereocenters. The molecule has 0 aliphatic heterocycles. The molecule has 2 rings (SSSR count). The third-order valence-corrected chi connectivity index (χ3v) is 3.48. The summed E-state index contributed by atoms with van der Waals surface area (Å²) in [4.78, 5) is 1.64. The minimum atomic E-state index is -4.07. The van der Waals surface area contributed by atoms with Crippen molar-refractivity contribution < 1.29 is 13.2 Å². The maximum Gasteiger partial charge on any atom is 0.401 e. The molecule has 0 aromatic carbocycles. The molecule has 0 saturated heterocycles. The van der Waals surface area contributed by atoms with E-state index < -0.39 is 12.7 Å². The Bertz CT molecular complexity index is 223. The summed E-state index contributed by atoms with van der Waals surface area (Å²) in [5, 5.41) is 0. The molecule has 0 aromatic heterocycles. The van der Waals surface area contributed by atoms with Crippen LogP contribution in [0, 0.1) is 5.92 Å². The SMILES string of the molecule is NCC1CCC1N(CC(F)(F)F)C1CC1. The van der Waals surface area contributed by atoms with Crippen LogP contribution < -0.4 is 5.73 Å². The summed E-state index contributed by atoms with van der Waals surface area (Å²) in [6, 6.07) is 0.259. The largest absolute Gasteiger partial charge is 0.401 e. The molecule has 2 nitrogen and oxygen atoms in total. The van der Waals surface area contributed by atoms with Crippen molar-refractivity contribution in [2.45, 2.75) is 43.9 Å². The van der Waals surface area contributed by atoms with Gasteiger partial charge in [-0.15, -0.1) is 0 Å². The monoisotopic (exact) mass is 222 g/mol. The second kappa shape index (κ2) is 3.94. The molecule has 0 aromatic rings. The molecule has 15 heavy (non-hydrogen) atoms. The summed E-state index contributed by atoms with van der Waals surface area (Å²) >= 11 is 0. The number of hydrogen-bond acceptors (Lipinski definition) is 2. The van der Waals surface area contributed by atoms with Crippen LogP contribution in [0.15, 0.2) is 0 Å². The number of nitrogens with two attached hydrogens (primary N) is 1. The van der Waals surface area contributed by atoms with Crippen LogP contribution in [0.3, 0.4) is 0 Å². The summed E-state index contributed by atoms with van der Waals surface area (Å²) in [7, 11) is 0. The van der Waals surface area contributed by atoms with Gasteiger partial charge in [0.1, 0.15) is 0 Å². The van der Waals surface area contributed by atoms with Crippen molar-refractivity contribution in [1.82, 2.24) is 4.90 Å². The van der Waals surface area contributed by atoms with E-state index in [1.54, 1.807) is 4.90 Å². The van der Waals surface area contributed by atoms with Crippen molar-refractivity contribution >= 4 is 0 Å². The van der Waals surface area contributed by atoms with E-state index >= 15 is 0 Å². The Balaban J connectivity index is 1.94. The van der Waals surface area contributed by atoms with Crippen LogP contribution in [0.1, 0.15) is 25.7 Å². The Morgan fingerprint density at radius 1 is 1.13 bits per heavy atom. The first kappa shape index (κ1) is 11.2. The van der Waals surface area contributed by atoms with E-state index in [4.69, 9.17) is 5.73 Å².